The van der Waals surface area contributed by atoms with E-state index >= 15 is 0 Å². The minimum Gasteiger partial charge on any atom is -0.482 e. The van der Waals surface area contributed by atoms with Crippen molar-refractivity contribution >= 4 is 35.1 Å². The van der Waals surface area contributed by atoms with Crippen molar-refractivity contribution in [3.63, 3.8) is 0 Å². The summed E-state index contributed by atoms with van der Waals surface area (Å²) in [6.07, 6.45) is 2.29. The Bertz CT molecular complexity index is 1380. The molecule has 1 aromatic heterocycles. The molecular weight excluding hydrogens is 473 g/mol. The Kier molecular flexibility index (Phi) is 6.55. The summed E-state index contributed by atoms with van der Waals surface area (Å²) in [5, 5.41) is 14.7. The number of carbonyl (C=O) groups excluding carboxylic acids is 2. The van der Waals surface area contributed by atoms with E-state index in [2.05, 4.69) is 32.4 Å². The highest BCUT2D eigenvalue weighted by Crippen LogP contribution is 2.29. The lowest BCUT2D eigenvalue weighted by atomic mass is 10.1. The molecule has 4 rings (SSSR count). The number of carbonyl (C=O) groups is 2. The first kappa shape index (κ1) is 24.6. The summed E-state index contributed by atoms with van der Waals surface area (Å²) in [6, 6.07) is 5.14. The first-order chi connectivity index (χ1) is 17.1. The number of ether oxygens (including phenoxy) is 1. The van der Waals surface area contributed by atoms with Crippen LogP contribution in [0.25, 0.3) is 5.70 Å². The second-order valence-corrected chi connectivity index (χ2v) is 8.81. The third-order valence-corrected chi connectivity index (χ3v) is 5.03. The number of aromatic nitrogens is 2. The van der Waals surface area contributed by atoms with Gasteiger partial charge in [-0.25, -0.2) is 19.2 Å². The van der Waals surface area contributed by atoms with Gasteiger partial charge >= 0.3 is 5.76 Å². The van der Waals surface area contributed by atoms with Crippen molar-refractivity contribution in [2.75, 3.05) is 18.6 Å². The van der Waals surface area contributed by atoms with Gasteiger partial charge in [-0.2, -0.15) is 9.78 Å². The Morgan fingerprint density at radius 1 is 1.36 bits per heavy atom. The average molecular weight is 497 g/mol. The van der Waals surface area contributed by atoms with E-state index in [4.69, 9.17) is 9.15 Å². The van der Waals surface area contributed by atoms with Crippen molar-refractivity contribution in [2.45, 2.75) is 32.9 Å². The van der Waals surface area contributed by atoms with E-state index < -0.39 is 23.9 Å². The molecule has 2 N–H and O–H groups in total. The number of nitrogens with zero attached hydrogens (tertiary/aromatic N) is 5. The fraction of sp³-hybridized carbons (Fsp3) is 0.304. The number of rotatable bonds is 6. The van der Waals surface area contributed by atoms with Gasteiger partial charge in [-0.15, -0.1) is 5.10 Å². The number of aliphatic imine (C=N–C) groups is 1. The van der Waals surface area contributed by atoms with Gasteiger partial charge in [-0.1, -0.05) is 12.6 Å². The molecule has 0 radical (unpaired) electrons. The van der Waals surface area contributed by atoms with Crippen LogP contribution in [0.2, 0.25) is 0 Å². The van der Waals surface area contributed by atoms with E-state index in [9.17, 15) is 18.8 Å². The number of hydrazone groups is 1. The zero-order valence-electron chi connectivity index (χ0n) is 19.9. The molecule has 36 heavy (non-hydrogen) atoms. The standard InChI is InChI=1S/C23H24FN7O5/c1-13-27-16(20(33)25-11-14-5-6-18-15(9-14)28-19(32)12-35-18)10-17(30(13)26-8-7-24)21-29-31(22(34)36-21)23(2,3)4/h5-6,8-10H,1,7,11-12H2,2-4H3,(H,25,33)(H,28,32)/b26-8-. The second kappa shape index (κ2) is 9.60. The highest BCUT2D eigenvalue weighted by atomic mass is 19.1. The van der Waals surface area contributed by atoms with Crippen LogP contribution in [0.5, 0.6) is 5.75 Å². The molecule has 1 aromatic carbocycles. The molecule has 3 heterocycles. The van der Waals surface area contributed by atoms with Gasteiger partial charge in [0.25, 0.3) is 17.7 Å². The first-order valence-corrected chi connectivity index (χ1v) is 10.9. The highest BCUT2D eigenvalue weighted by molar-refractivity contribution is 6.44. The predicted molar refractivity (Wildman–Crippen MR) is 129 cm³/mol. The number of nitrogens with one attached hydrogen (secondary N) is 2. The normalized spacial score (nSPS) is 15.7. The van der Waals surface area contributed by atoms with E-state index in [1.807, 2.05) is 0 Å². The lowest BCUT2D eigenvalue weighted by Gasteiger charge is -2.23. The van der Waals surface area contributed by atoms with Crippen molar-refractivity contribution in [1.29, 1.82) is 0 Å². The summed E-state index contributed by atoms with van der Waals surface area (Å²) in [7, 11) is 0. The molecule has 0 spiro atoms. The summed E-state index contributed by atoms with van der Waals surface area (Å²) in [4.78, 5) is 41.0. The number of anilines is 1. The second-order valence-electron chi connectivity index (χ2n) is 8.81. The van der Waals surface area contributed by atoms with Gasteiger partial charge in [0.2, 0.25) is 0 Å². The maximum absolute atomic E-state index is 12.9. The van der Waals surface area contributed by atoms with Gasteiger partial charge in [0.1, 0.15) is 29.7 Å². The Hall–Kier alpha value is -4.55. The minimum atomic E-state index is -0.860. The van der Waals surface area contributed by atoms with Crippen LogP contribution in [0, 0.1) is 0 Å². The molecule has 188 valence electrons. The Morgan fingerprint density at radius 3 is 2.83 bits per heavy atom. The molecule has 0 saturated carbocycles. The summed E-state index contributed by atoms with van der Waals surface area (Å²) in [5.41, 5.74) is 0.569. The van der Waals surface area contributed by atoms with Crippen LogP contribution >= 0.6 is 0 Å². The van der Waals surface area contributed by atoms with Crippen LogP contribution in [-0.4, -0.2) is 51.8 Å². The van der Waals surface area contributed by atoms with Crippen LogP contribution in [0.4, 0.5) is 10.1 Å². The molecule has 12 nitrogen and oxygen atoms in total. The molecular formula is C23H24FN7O5. The van der Waals surface area contributed by atoms with E-state index in [1.54, 1.807) is 39.0 Å². The van der Waals surface area contributed by atoms with Gasteiger partial charge in [-0.3, -0.25) is 9.59 Å². The highest BCUT2D eigenvalue weighted by Gasteiger charge is 2.29. The monoisotopic (exact) mass is 497 g/mol. The van der Waals surface area contributed by atoms with Crippen LogP contribution in [0.3, 0.4) is 0 Å². The quantitative estimate of drug-likeness (QED) is 0.579. The molecule has 0 aliphatic carbocycles. The lowest BCUT2D eigenvalue weighted by molar-refractivity contribution is -0.118. The summed E-state index contributed by atoms with van der Waals surface area (Å²) >= 11 is 0. The van der Waals surface area contributed by atoms with E-state index in [0.717, 1.165) is 15.9 Å². The van der Waals surface area contributed by atoms with Crippen LogP contribution in [0.1, 0.15) is 32.2 Å². The maximum Gasteiger partial charge on any atom is 0.437 e. The Morgan fingerprint density at radius 2 is 2.14 bits per heavy atom. The maximum atomic E-state index is 12.9. The van der Waals surface area contributed by atoms with E-state index in [0.29, 0.717) is 17.0 Å². The van der Waals surface area contributed by atoms with Crippen LogP contribution < -0.4 is 21.1 Å². The van der Waals surface area contributed by atoms with Crippen molar-refractivity contribution in [3.8, 4) is 5.75 Å². The topological polar surface area (TPSA) is 143 Å². The zero-order chi connectivity index (χ0) is 26.0. The molecule has 2 aliphatic heterocycles. The van der Waals surface area contributed by atoms with Crippen molar-refractivity contribution < 1.29 is 23.1 Å². The fourth-order valence-electron chi connectivity index (χ4n) is 3.38. The molecule has 0 bridgehead atoms. The van der Waals surface area contributed by atoms with Crippen molar-refractivity contribution in [3.05, 3.63) is 58.7 Å². The molecule has 0 atom stereocenters. The molecule has 2 aromatic rings. The Balaban J connectivity index is 1.59. The van der Waals surface area contributed by atoms with Crippen LogP contribution in [-0.2, 0) is 21.7 Å². The number of benzene rings is 1. The van der Waals surface area contributed by atoms with Crippen molar-refractivity contribution in [2.24, 2.45) is 10.1 Å². The third-order valence-electron chi connectivity index (χ3n) is 5.03. The minimum absolute atomic E-state index is 0.0102. The molecule has 2 aliphatic rings. The SMILES string of the molecule is C=C1N=C(C(=O)NCc2ccc3c(c2)NC(=O)CO3)C=C(c2nn(C(C)(C)C)c(=O)o2)N1/N=C\CF. The van der Waals surface area contributed by atoms with Crippen LogP contribution in [0.15, 0.2) is 56.0 Å². The van der Waals surface area contributed by atoms with Gasteiger partial charge in [0, 0.05) is 12.6 Å². The number of hydrogen-bond acceptors (Lipinski definition) is 9. The molecule has 13 heteroatoms. The molecule has 0 unspecified atom stereocenters. The smallest absolute Gasteiger partial charge is 0.437 e. The van der Waals surface area contributed by atoms with Gasteiger partial charge in [0.05, 0.1) is 17.4 Å². The van der Waals surface area contributed by atoms with Crippen molar-refractivity contribution in [1.82, 2.24) is 20.1 Å². The number of amides is 2. The number of halogens is 1. The fourth-order valence-corrected chi connectivity index (χ4v) is 3.38. The van der Waals surface area contributed by atoms with Gasteiger partial charge < -0.3 is 19.8 Å². The number of fused-ring (bicyclic) bond motifs is 1. The lowest BCUT2D eigenvalue weighted by Crippen LogP contribution is -2.33. The molecule has 2 amide bonds. The zero-order valence-corrected chi connectivity index (χ0v) is 19.9. The summed E-state index contributed by atoms with van der Waals surface area (Å²) in [5.74, 6) is -1.15. The first-order valence-electron chi connectivity index (χ1n) is 10.9. The third kappa shape index (κ3) is 5.09. The van der Waals surface area contributed by atoms with Gasteiger partial charge in [-0.05, 0) is 38.5 Å². The van der Waals surface area contributed by atoms with E-state index in [-0.39, 0.29) is 42.2 Å². The predicted octanol–water partition coefficient (Wildman–Crippen LogP) is 1.76. The molecule has 0 fully saturated rings. The number of hydrogen-bond donors (Lipinski definition) is 2. The van der Waals surface area contributed by atoms with Gasteiger partial charge in [0.15, 0.2) is 6.61 Å². The largest absolute Gasteiger partial charge is 0.482 e. The van der Waals surface area contributed by atoms with E-state index in [1.165, 1.54) is 6.08 Å². The average Bonchev–Trinajstić information content (AvgIpc) is 3.23. The summed E-state index contributed by atoms with van der Waals surface area (Å²) < 4.78 is 24.6. The summed E-state index contributed by atoms with van der Waals surface area (Å²) in [6.45, 7) is 8.30. The molecule has 0 saturated heterocycles. The Labute approximate surface area is 204 Å². The number of alkyl halides is 1.